The standard InChI is InChI=1S/C16H24N2O4S/c1-16(2,3)22-15(19)18-11-5-4-6-13(18)12-23(20,21)14-7-9-17-10-8-14/h7-10,13H,4-6,11-12H2,1-3H3. The van der Waals surface area contributed by atoms with Crippen molar-refractivity contribution < 1.29 is 17.9 Å². The summed E-state index contributed by atoms with van der Waals surface area (Å²) in [5.41, 5.74) is -0.594. The Morgan fingerprint density at radius 3 is 2.57 bits per heavy atom. The summed E-state index contributed by atoms with van der Waals surface area (Å²) in [7, 11) is -3.46. The summed E-state index contributed by atoms with van der Waals surface area (Å²) in [4.78, 5) is 18.0. The maximum absolute atomic E-state index is 12.5. The second kappa shape index (κ2) is 6.86. The number of nitrogens with zero attached hydrogens (tertiary/aromatic N) is 2. The Balaban J connectivity index is 2.14. The number of piperidine rings is 1. The molecule has 0 spiro atoms. The Hall–Kier alpha value is -1.63. The van der Waals surface area contributed by atoms with Crippen LogP contribution in [0, 0.1) is 0 Å². The Morgan fingerprint density at radius 1 is 1.30 bits per heavy atom. The minimum Gasteiger partial charge on any atom is -0.444 e. The average molecular weight is 340 g/mol. The van der Waals surface area contributed by atoms with Gasteiger partial charge in [-0.2, -0.15) is 0 Å². The van der Waals surface area contributed by atoms with Crippen LogP contribution >= 0.6 is 0 Å². The largest absolute Gasteiger partial charge is 0.444 e. The number of likely N-dealkylation sites (tertiary alicyclic amines) is 1. The van der Waals surface area contributed by atoms with E-state index >= 15 is 0 Å². The Bertz CT molecular complexity index is 638. The summed E-state index contributed by atoms with van der Waals surface area (Å²) in [6.07, 6.45) is 4.93. The molecular formula is C16H24N2O4S. The van der Waals surface area contributed by atoms with E-state index in [4.69, 9.17) is 4.74 Å². The first-order valence-corrected chi connectivity index (χ1v) is 9.47. The van der Waals surface area contributed by atoms with Crippen LogP contribution in [0.2, 0.25) is 0 Å². The highest BCUT2D eigenvalue weighted by atomic mass is 32.2. The molecule has 0 aliphatic carbocycles. The fourth-order valence-corrected chi connectivity index (χ4v) is 4.21. The Kier molecular flexibility index (Phi) is 5.29. The fourth-order valence-electron chi connectivity index (χ4n) is 2.63. The molecule has 0 saturated carbocycles. The van der Waals surface area contributed by atoms with Gasteiger partial charge in [0.1, 0.15) is 5.60 Å². The molecule has 128 valence electrons. The van der Waals surface area contributed by atoms with Crippen molar-refractivity contribution in [1.29, 1.82) is 0 Å². The highest BCUT2D eigenvalue weighted by molar-refractivity contribution is 7.91. The highest BCUT2D eigenvalue weighted by Gasteiger charge is 2.33. The van der Waals surface area contributed by atoms with Crippen LogP contribution in [0.1, 0.15) is 40.0 Å². The number of ether oxygens (including phenoxy) is 1. The molecule has 6 nitrogen and oxygen atoms in total. The average Bonchev–Trinajstić information content (AvgIpc) is 2.46. The molecule has 1 aliphatic heterocycles. The molecule has 1 saturated heterocycles. The maximum Gasteiger partial charge on any atom is 0.410 e. The number of hydrogen-bond donors (Lipinski definition) is 0. The van der Waals surface area contributed by atoms with Crippen molar-refractivity contribution in [3.63, 3.8) is 0 Å². The molecule has 0 aromatic carbocycles. The summed E-state index contributed by atoms with van der Waals surface area (Å²) < 4.78 is 30.5. The quantitative estimate of drug-likeness (QED) is 0.845. The van der Waals surface area contributed by atoms with Crippen LogP contribution in [0.3, 0.4) is 0 Å². The van der Waals surface area contributed by atoms with Gasteiger partial charge in [-0.15, -0.1) is 0 Å². The van der Waals surface area contributed by atoms with Gasteiger partial charge in [-0.3, -0.25) is 4.98 Å². The molecule has 0 bridgehead atoms. The van der Waals surface area contributed by atoms with Crippen molar-refractivity contribution in [3.05, 3.63) is 24.5 Å². The molecule has 2 heterocycles. The van der Waals surface area contributed by atoms with E-state index in [1.807, 2.05) is 0 Å². The zero-order chi connectivity index (χ0) is 17.1. The minimum atomic E-state index is -3.46. The number of carbonyl (C=O) groups is 1. The molecule has 7 heteroatoms. The van der Waals surface area contributed by atoms with Crippen molar-refractivity contribution in [2.24, 2.45) is 0 Å². The van der Waals surface area contributed by atoms with Crippen LogP contribution < -0.4 is 0 Å². The zero-order valence-electron chi connectivity index (χ0n) is 13.9. The molecule has 0 N–H and O–H groups in total. The first-order chi connectivity index (χ1) is 10.7. The molecule has 1 aromatic rings. The lowest BCUT2D eigenvalue weighted by atomic mass is 10.0. The zero-order valence-corrected chi connectivity index (χ0v) is 14.7. The van der Waals surface area contributed by atoms with E-state index in [9.17, 15) is 13.2 Å². The highest BCUT2D eigenvalue weighted by Crippen LogP contribution is 2.23. The van der Waals surface area contributed by atoms with Gasteiger partial charge in [0.05, 0.1) is 10.6 Å². The summed E-state index contributed by atoms with van der Waals surface area (Å²) in [6, 6.07) is 2.61. The second-order valence-corrected chi connectivity index (χ2v) is 8.82. The number of pyridine rings is 1. The Morgan fingerprint density at radius 2 is 1.96 bits per heavy atom. The SMILES string of the molecule is CC(C)(C)OC(=O)N1CCCCC1CS(=O)(=O)c1ccncc1. The molecule has 23 heavy (non-hydrogen) atoms. The van der Waals surface area contributed by atoms with E-state index in [0.29, 0.717) is 13.0 Å². The summed E-state index contributed by atoms with van der Waals surface area (Å²) in [6.45, 7) is 5.94. The topological polar surface area (TPSA) is 76.6 Å². The van der Waals surface area contributed by atoms with Crippen LogP contribution in [-0.2, 0) is 14.6 Å². The third kappa shape index (κ3) is 4.92. The van der Waals surface area contributed by atoms with Crippen LogP contribution in [0.5, 0.6) is 0 Å². The molecule has 1 amide bonds. The monoisotopic (exact) mass is 340 g/mol. The van der Waals surface area contributed by atoms with Gasteiger partial charge in [0.25, 0.3) is 0 Å². The summed E-state index contributed by atoms with van der Waals surface area (Å²) in [5, 5.41) is 0. The van der Waals surface area contributed by atoms with Crippen LogP contribution in [0.25, 0.3) is 0 Å². The van der Waals surface area contributed by atoms with Gasteiger partial charge in [0.15, 0.2) is 9.84 Å². The lowest BCUT2D eigenvalue weighted by molar-refractivity contribution is 0.0124. The van der Waals surface area contributed by atoms with E-state index < -0.39 is 21.5 Å². The third-order valence-corrected chi connectivity index (χ3v) is 5.49. The molecule has 1 fully saturated rings. The summed E-state index contributed by atoms with van der Waals surface area (Å²) in [5.74, 6) is -0.0870. The van der Waals surface area contributed by atoms with E-state index in [0.717, 1.165) is 12.8 Å². The first-order valence-electron chi connectivity index (χ1n) is 7.81. The molecule has 2 rings (SSSR count). The number of amides is 1. The van der Waals surface area contributed by atoms with Crippen molar-refractivity contribution in [2.45, 2.75) is 56.6 Å². The predicted molar refractivity (Wildman–Crippen MR) is 86.9 cm³/mol. The van der Waals surface area contributed by atoms with E-state index in [-0.39, 0.29) is 16.7 Å². The van der Waals surface area contributed by atoms with Crippen LogP contribution in [-0.4, -0.2) is 48.3 Å². The van der Waals surface area contributed by atoms with E-state index in [1.54, 1.807) is 25.7 Å². The molecule has 1 unspecified atom stereocenters. The molecule has 1 aliphatic rings. The van der Waals surface area contributed by atoms with Gasteiger partial charge in [-0.1, -0.05) is 0 Å². The maximum atomic E-state index is 12.5. The third-order valence-electron chi connectivity index (χ3n) is 3.68. The van der Waals surface area contributed by atoms with Crippen molar-refractivity contribution in [1.82, 2.24) is 9.88 Å². The van der Waals surface area contributed by atoms with Gasteiger partial charge in [0.2, 0.25) is 0 Å². The fraction of sp³-hybridized carbons (Fsp3) is 0.625. The van der Waals surface area contributed by atoms with Crippen molar-refractivity contribution >= 4 is 15.9 Å². The molecule has 0 radical (unpaired) electrons. The normalized spacial score (nSPS) is 19.4. The number of hydrogen-bond acceptors (Lipinski definition) is 5. The Labute approximate surface area is 137 Å². The lowest BCUT2D eigenvalue weighted by Crippen LogP contribution is -2.48. The molecular weight excluding hydrogens is 316 g/mol. The summed E-state index contributed by atoms with van der Waals surface area (Å²) >= 11 is 0. The lowest BCUT2D eigenvalue weighted by Gasteiger charge is -2.36. The minimum absolute atomic E-state index is 0.0870. The molecule has 1 aromatic heterocycles. The number of carbonyl (C=O) groups excluding carboxylic acids is 1. The van der Waals surface area contributed by atoms with E-state index in [2.05, 4.69) is 4.98 Å². The van der Waals surface area contributed by atoms with Crippen LogP contribution in [0.15, 0.2) is 29.4 Å². The number of rotatable bonds is 3. The van der Waals surface area contributed by atoms with Gasteiger partial charge in [-0.25, -0.2) is 13.2 Å². The second-order valence-electron chi connectivity index (χ2n) is 6.79. The van der Waals surface area contributed by atoms with E-state index in [1.165, 1.54) is 24.5 Å². The van der Waals surface area contributed by atoms with Gasteiger partial charge >= 0.3 is 6.09 Å². The van der Waals surface area contributed by atoms with Gasteiger partial charge in [0, 0.05) is 25.0 Å². The molecule has 1 atom stereocenters. The number of aromatic nitrogens is 1. The van der Waals surface area contributed by atoms with Gasteiger partial charge < -0.3 is 9.64 Å². The first kappa shape index (κ1) is 17.7. The van der Waals surface area contributed by atoms with Crippen molar-refractivity contribution in [3.8, 4) is 0 Å². The predicted octanol–water partition coefficient (Wildman–Crippen LogP) is 2.64. The smallest absolute Gasteiger partial charge is 0.410 e. The van der Waals surface area contributed by atoms with Crippen molar-refractivity contribution in [2.75, 3.05) is 12.3 Å². The van der Waals surface area contributed by atoms with Crippen LogP contribution in [0.4, 0.5) is 4.79 Å². The van der Waals surface area contributed by atoms with Gasteiger partial charge in [-0.05, 0) is 52.2 Å². The number of sulfone groups is 1.